The lowest BCUT2D eigenvalue weighted by molar-refractivity contribution is -0.161. The number of nitrogens with zero attached hydrogens (tertiary/aromatic N) is 2. The Kier molecular flexibility index (Phi) is 30.2. The van der Waals surface area contributed by atoms with E-state index in [-0.39, 0.29) is 18.7 Å². The number of unbranched alkanes of at least 4 members (excludes halogenated alkanes) is 18. The predicted molar refractivity (Wildman–Crippen MR) is 247 cm³/mol. The van der Waals surface area contributed by atoms with Gasteiger partial charge in [-0.05, 0) is 30.7 Å². The van der Waals surface area contributed by atoms with E-state index < -0.39 is 83.7 Å². The molecule has 1 aliphatic heterocycles. The molecule has 1 saturated heterocycles. The SMILES string of the molecule is CCC(C)CCCCCCCCCCCCC(=O)OC[C@H](COP(=O)(O)OP(=O)(O)OC[C@H]1O[C@@H](n2ccc(N)nc2=O)C(O)[C@H]1O)OC(=O)CCCCCCCCCCCCC(C)C. The van der Waals surface area contributed by atoms with E-state index in [4.69, 9.17) is 29.0 Å². The van der Waals surface area contributed by atoms with Gasteiger partial charge in [-0.2, -0.15) is 9.29 Å². The summed E-state index contributed by atoms with van der Waals surface area (Å²) in [6.45, 7) is 6.76. The van der Waals surface area contributed by atoms with Crippen LogP contribution in [0.1, 0.15) is 194 Å². The van der Waals surface area contributed by atoms with Crippen LogP contribution in [0.15, 0.2) is 17.1 Å². The molecule has 0 amide bonds. The highest BCUT2D eigenvalue weighted by atomic mass is 31.3. The Hall–Kier alpha value is -2.24. The lowest BCUT2D eigenvalue weighted by atomic mass is 9.99. The molecule has 2 heterocycles. The quantitative estimate of drug-likeness (QED) is 0.0234. The number of phosphoric acid groups is 2. The second kappa shape index (κ2) is 33.3. The van der Waals surface area contributed by atoms with Crippen LogP contribution in [-0.2, 0) is 46.3 Å². The summed E-state index contributed by atoms with van der Waals surface area (Å²) in [4.78, 5) is 61.8. The van der Waals surface area contributed by atoms with Gasteiger partial charge in [-0.15, -0.1) is 0 Å². The van der Waals surface area contributed by atoms with Crippen molar-refractivity contribution in [3.8, 4) is 0 Å². The minimum atomic E-state index is -5.42. The van der Waals surface area contributed by atoms with Crippen molar-refractivity contribution in [2.45, 2.75) is 219 Å². The number of nitrogen functional groups attached to an aromatic ring is 1. The van der Waals surface area contributed by atoms with Gasteiger partial charge in [0.25, 0.3) is 0 Å². The van der Waals surface area contributed by atoms with Gasteiger partial charge in [0.15, 0.2) is 12.3 Å². The monoisotopic (exact) mass is 968 g/mol. The summed E-state index contributed by atoms with van der Waals surface area (Å²) in [5, 5.41) is 20.9. The molecule has 6 N–H and O–H groups in total. The smallest absolute Gasteiger partial charge is 0.462 e. The molecule has 18 nitrogen and oxygen atoms in total. The average Bonchev–Trinajstić information content (AvgIpc) is 3.52. The number of nitrogens with two attached hydrogens (primary N) is 1. The molecule has 0 bridgehead atoms. The molecule has 0 saturated carbocycles. The van der Waals surface area contributed by atoms with Gasteiger partial charge < -0.3 is 39.9 Å². The summed E-state index contributed by atoms with van der Waals surface area (Å²) in [5.41, 5.74) is 4.59. The number of hydrogen-bond donors (Lipinski definition) is 5. The number of aliphatic hydroxyl groups excluding tert-OH is 2. The first-order valence-corrected chi connectivity index (χ1v) is 27.3. The topological polar surface area (TPSA) is 265 Å². The number of anilines is 1. The van der Waals surface area contributed by atoms with E-state index in [0.717, 1.165) is 67.8 Å². The fourth-order valence-corrected chi connectivity index (χ4v) is 9.58. The van der Waals surface area contributed by atoms with E-state index in [1.807, 2.05) is 0 Å². The molecule has 4 unspecified atom stereocenters. The Balaban J connectivity index is 1.82. The molecule has 1 fully saturated rings. The van der Waals surface area contributed by atoms with Crippen molar-refractivity contribution in [1.82, 2.24) is 9.55 Å². The number of carbonyl (C=O) groups is 2. The lowest BCUT2D eigenvalue weighted by Gasteiger charge is -2.21. The summed E-state index contributed by atoms with van der Waals surface area (Å²) in [6.07, 6.45) is 19.2. The van der Waals surface area contributed by atoms with Gasteiger partial charge in [-0.25, -0.2) is 13.9 Å². The zero-order valence-corrected chi connectivity index (χ0v) is 41.4. The fourth-order valence-electron chi connectivity index (χ4n) is 7.47. The first-order valence-electron chi connectivity index (χ1n) is 24.3. The first kappa shape index (κ1) is 58.9. The third-order valence-corrected chi connectivity index (χ3v) is 14.3. The van der Waals surface area contributed by atoms with Crippen molar-refractivity contribution in [2.24, 2.45) is 11.8 Å². The van der Waals surface area contributed by atoms with Gasteiger partial charge in [-0.1, -0.05) is 163 Å². The van der Waals surface area contributed by atoms with E-state index in [1.54, 1.807) is 0 Å². The predicted octanol–water partition coefficient (Wildman–Crippen LogP) is 9.21. The Bertz CT molecular complexity index is 1620. The van der Waals surface area contributed by atoms with E-state index in [9.17, 15) is 43.5 Å². The Morgan fingerprint density at radius 1 is 0.738 bits per heavy atom. The molecule has 0 aliphatic carbocycles. The summed E-state index contributed by atoms with van der Waals surface area (Å²) in [5.74, 6) is 0.272. The zero-order chi connectivity index (χ0) is 48.1. The second-order valence-corrected chi connectivity index (χ2v) is 21.1. The molecule has 1 aliphatic rings. The minimum Gasteiger partial charge on any atom is -0.462 e. The molecule has 378 valence electrons. The van der Waals surface area contributed by atoms with Crippen molar-refractivity contribution in [1.29, 1.82) is 0 Å². The molecular formula is C45H83N3O15P2. The third-order valence-electron chi connectivity index (χ3n) is 11.7. The number of aliphatic hydroxyl groups is 2. The molecule has 65 heavy (non-hydrogen) atoms. The highest BCUT2D eigenvalue weighted by molar-refractivity contribution is 7.61. The molecule has 2 rings (SSSR count). The number of aromatic nitrogens is 2. The largest absolute Gasteiger partial charge is 0.481 e. The first-order chi connectivity index (χ1) is 30.9. The number of rotatable bonds is 39. The van der Waals surface area contributed by atoms with Gasteiger partial charge in [0, 0.05) is 19.0 Å². The van der Waals surface area contributed by atoms with Gasteiger partial charge in [0.1, 0.15) is 30.7 Å². The van der Waals surface area contributed by atoms with Gasteiger partial charge in [0.2, 0.25) is 0 Å². The highest BCUT2D eigenvalue weighted by Crippen LogP contribution is 2.60. The normalized spacial score (nSPS) is 20.3. The van der Waals surface area contributed by atoms with E-state index >= 15 is 0 Å². The van der Waals surface area contributed by atoms with Crippen molar-refractivity contribution in [3.05, 3.63) is 22.7 Å². The van der Waals surface area contributed by atoms with Crippen molar-refractivity contribution < 1.29 is 66.3 Å². The molecule has 0 spiro atoms. The molecule has 0 radical (unpaired) electrons. The Labute approximate surface area is 387 Å². The molecule has 1 aromatic rings. The van der Waals surface area contributed by atoms with Crippen LogP contribution in [0.25, 0.3) is 0 Å². The van der Waals surface area contributed by atoms with Gasteiger partial charge in [0.05, 0.1) is 13.2 Å². The maximum atomic E-state index is 12.8. The van der Waals surface area contributed by atoms with Crippen molar-refractivity contribution >= 4 is 33.4 Å². The fraction of sp³-hybridized carbons (Fsp3) is 0.867. The Morgan fingerprint density at radius 3 is 1.75 bits per heavy atom. The molecule has 20 heteroatoms. The van der Waals surface area contributed by atoms with Gasteiger partial charge >= 0.3 is 33.3 Å². The van der Waals surface area contributed by atoms with E-state index in [2.05, 4.69) is 37.0 Å². The zero-order valence-electron chi connectivity index (χ0n) is 39.6. The highest BCUT2D eigenvalue weighted by Gasteiger charge is 2.46. The minimum absolute atomic E-state index is 0.0552. The maximum Gasteiger partial charge on any atom is 0.481 e. The molecule has 0 aromatic carbocycles. The van der Waals surface area contributed by atoms with E-state index in [1.165, 1.54) is 95.7 Å². The van der Waals surface area contributed by atoms with E-state index in [0.29, 0.717) is 12.8 Å². The summed E-state index contributed by atoms with van der Waals surface area (Å²) >= 11 is 0. The molecular weight excluding hydrogens is 884 g/mol. The lowest BCUT2D eigenvalue weighted by Crippen LogP contribution is -2.36. The summed E-state index contributed by atoms with van der Waals surface area (Å²) in [7, 11) is -10.8. The van der Waals surface area contributed by atoms with Gasteiger partial charge in [-0.3, -0.25) is 23.2 Å². The number of esters is 2. The van der Waals surface area contributed by atoms with Crippen LogP contribution in [0.2, 0.25) is 0 Å². The summed E-state index contributed by atoms with van der Waals surface area (Å²) < 4.78 is 56.7. The van der Waals surface area contributed by atoms with Crippen LogP contribution in [0, 0.1) is 11.8 Å². The van der Waals surface area contributed by atoms with Crippen LogP contribution in [0.4, 0.5) is 5.82 Å². The van der Waals surface area contributed by atoms with Crippen LogP contribution in [-0.4, -0.2) is 85.7 Å². The number of phosphoric ester groups is 2. The Morgan fingerprint density at radius 2 is 1.23 bits per heavy atom. The van der Waals surface area contributed by atoms with Crippen molar-refractivity contribution in [3.63, 3.8) is 0 Å². The summed E-state index contributed by atoms with van der Waals surface area (Å²) in [6, 6.07) is 1.25. The maximum absolute atomic E-state index is 12.8. The number of carbonyl (C=O) groups excluding carboxylic acids is 2. The standard InChI is InChI=1S/C45H83N3O15P2/c1-5-36(4)27-23-19-15-11-7-9-12-16-20-24-28-40(49)58-32-37(61-41(50)29-25-21-17-13-8-6-10-14-18-22-26-35(2)3)33-59-64(54,55)63-65(56,57)60-34-38-42(51)43(52)44(62-38)48-31-30-39(46)47-45(48)53/h30-31,35-38,42-44,51-52H,5-29,32-34H2,1-4H3,(H,54,55)(H,56,57)(H2,46,47,53)/t36?,37-,38-,42+,43?,44-/m1/s1. The number of hydrogen-bond acceptors (Lipinski definition) is 15. The average molecular weight is 968 g/mol. The van der Waals surface area contributed by atoms with Crippen LogP contribution in [0.5, 0.6) is 0 Å². The van der Waals surface area contributed by atoms with Crippen molar-refractivity contribution in [2.75, 3.05) is 25.6 Å². The van der Waals surface area contributed by atoms with Crippen LogP contribution in [0.3, 0.4) is 0 Å². The third kappa shape index (κ3) is 27.4. The van der Waals surface area contributed by atoms with Crippen LogP contribution >= 0.6 is 15.6 Å². The van der Waals surface area contributed by atoms with Crippen LogP contribution < -0.4 is 11.4 Å². The molecule has 8 atom stereocenters. The number of ether oxygens (including phenoxy) is 3. The second-order valence-electron chi connectivity index (χ2n) is 18.0. The molecule has 1 aromatic heterocycles.